The monoisotopic (exact) mass is 316 g/mol. The topological polar surface area (TPSA) is 41.6 Å². The second-order valence-electron chi connectivity index (χ2n) is 6.68. The molecular formula is C19H28N2O2. The number of ether oxygens (including phenoxy) is 1. The second kappa shape index (κ2) is 7.93. The number of fused-ring (bicyclic) bond motifs is 1. The van der Waals surface area contributed by atoms with Gasteiger partial charge in [-0.3, -0.25) is 4.79 Å². The van der Waals surface area contributed by atoms with Crippen molar-refractivity contribution in [3.63, 3.8) is 0 Å². The number of amides is 1. The summed E-state index contributed by atoms with van der Waals surface area (Å²) in [5.74, 6) is 0.277. The molecule has 1 aromatic carbocycles. The van der Waals surface area contributed by atoms with Gasteiger partial charge in [-0.1, -0.05) is 31.2 Å². The van der Waals surface area contributed by atoms with Crippen LogP contribution in [0.4, 0.5) is 0 Å². The Balaban J connectivity index is 1.65. The predicted molar refractivity (Wildman–Crippen MR) is 91.5 cm³/mol. The van der Waals surface area contributed by atoms with Gasteiger partial charge in [0.25, 0.3) is 0 Å². The van der Waals surface area contributed by atoms with Gasteiger partial charge in [-0.05, 0) is 36.8 Å². The van der Waals surface area contributed by atoms with E-state index in [-0.39, 0.29) is 11.9 Å². The van der Waals surface area contributed by atoms with Crippen molar-refractivity contribution in [2.45, 2.75) is 51.1 Å². The number of nitrogens with zero attached hydrogens (tertiary/aromatic N) is 1. The summed E-state index contributed by atoms with van der Waals surface area (Å²) in [5, 5.41) is 3.39. The van der Waals surface area contributed by atoms with E-state index in [1.165, 1.54) is 11.1 Å². The van der Waals surface area contributed by atoms with E-state index in [1.807, 2.05) is 0 Å². The minimum absolute atomic E-state index is 0.173. The Hall–Kier alpha value is -1.39. The van der Waals surface area contributed by atoms with E-state index in [2.05, 4.69) is 41.4 Å². The maximum absolute atomic E-state index is 12.8. The Morgan fingerprint density at radius 3 is 2.91 bits per heavy atom. The molecule has 1 aromatic rings. The molecule has 0 spiro atoms. The van der Waals surface area contributed by atoms with Gasteiger partial charge in [0.05, 0.1) is 13.2 Å². The lowest BCUT2D eigenvalue weighted by Crippen LogP contribution is -2.48. The molecule has 2 atom stereocenters. The number of hydrogen-bond acceptors (Lipinski definition) is 3. The zero-order valence-corrected chi connectivity index (χ0v) is 14.1. The highest BCUT2D eigenvalue weighted by molar-refractivity contribution is 5.77. The lowest BCUT2D eigenvalue weighted by Gasteiger charge is -2.36. The van der Waals surface area contributed by atoms with Crippen molar-refractivity contribution >= 4 is 5.91 Å². The number of nitrogens with one attached hydrogen (secondary N) is 1. The summed E-state index contributed by atoms with van der Waals surface area (Å²) in [7, 11) is 0. The van der Waals surface area contributed by atoms with Crippen molar-refractivity contribution < 1.29 is 9.53 Å². The van der Waals surface area contributed by atoms with Gasteiger partial charge in [0.15, 0.2) is 0 Å². The van der Waals surface area contributed by atoms with Crippen LogP contribution in [0.2, 0.25) is 0 Å². The fourth-order valence-corrected chi connectivity index (χ4v) is 3.78. The fraction of sp³-hybridized carbons (Fsp3) is 0.632. The summed E-state index contributed by atoms with van der Waals surface area (Å²) in [6, 6.07) is 9.18. The van der Waals surface area contributed by atoms with Gasteiger partial charge in [0, 0.05) is 31.6 Å². The lowest BCUT2D eigenvalue weighted by atomic mass is 9.87. The number of hydrogen-bond donors (Lipinski definition) is 1. The average Bonchev–Trinajstić information content (AvgIpc) is 2.60. The fourth-order valence-electron chi connectivity index (χ4n) is 3.78. The third kappa shape index (κ3) is 4.12. The van der Waals surface area contributed by atoms with Crippen molar-refractivity contribution in [2.75, 3.05) is 26.3 Å². The number of carbonyl (C=O) groups excluding carboxylic acids is 1. The molecule has 0 aromatic heterocycles. The molecule has 1 fully saturated rings. The van der Waals surface area contributed by atoms with Crippen LogP contribution in [0.15, 0.2) is 24.3 Å². The maximum atomic E-state index is 12.8. The third-order valence-corrected chi connectivity index (χ3v) is 4.97. The lowest BCUT2D eigenvalue weighted by molar-refractivity contribution is -0.135. The summed E-state index contributed by atoms with van der Waals surface area (Å²) in [6.07, 6.45) is 4.73. The molecule has 1 saturated heterocycles. The van der Waals surface area contributed by atoms with Crippen molar-refractivity contribution in [1.82, 2.24) is 10.2 Å². The van der Waals surface area contributed by atoms with Crippen LogP contribution < -0.4 is 5.32 Å². The first-order valence-corrected chi connectivity index (χ1v) is 8.95. The van der Waals surface area contributed by atoms with Crippen LogP contribution in [0, 0.1) is 0 Å². The van der Waals surface area contributed by atoms with Crippen LogP contribution in [0.5, 0.6) is 0 Å². The van der Waals surface area contributed by atoms with Crippen molar-refractivity contribution in [3.8, 4) is 0 Å². The molecular weight excluding hydrogens is 288 g/mol. The Labute approximate surface area is 139 Å². The Bertz CT molecular complexity index is 526. The van der Waals surface area contributed by atoms with E-state index in [0.717, 1.165) is 45.4 Å². The van der Waals surface area contributed by atoms with Gasteiger partial charge in [-0.25, -0.2) is 0 Å². The maximum Gasteiger partial charge on any atom is 0.224 e. The molecule has 126 valence electrons. The molecule has 2 aliphatic rings. The molecule has 0 saturated carbocycles. The molecule has 1 aliphatic carbocycles. The largest absolute Gasteiger partial charge is 0.378 e. The number of aryl methyl sites for hydroxylation is 1. The van der Waals surface area contributed by atoms with Crippen LogP contribution in [0.3, 0.4) is 0 Å². The minimum Gasteiger partial charge on any atom is -0.378 e. The zero-order valence-electron chi connectivity index (χ0n) is 14.1. The van der Waals surface area contributed by atoms with Crippen LogP contribution in [-0.2, 0) is 22.4 Å². The van der Waals surface area contributed by atoms with Gasteiger partial charge >= 0.3 is 0 Å². The summed E-state index contributed by atoms with van der Waals surface area (Å²) in [5.41, 5.74) is 2.87. The number of benzene rings is 1. The molecule has 1 amide bonds. The van der Waals surface area contributed by atoms with Crippen LogP contribution in [0.1, 0.15) is 37.3 Å². The molecule has 4 heteroatoms. The van der Waals surface area contributed by atoms with Crippen molar-refractivity contribution in [2.24, 2.45) is 0 Å². The van der Waals surface area contributed by atoms with Crippen LogP contribution >= 0.6 is 0 Å². The van der Waals surface area contributed by atoms with Gasteiger partial charge in [-0.2, -0.15) is 0 Å². The molecule has 4 nitrogen and oxygen atoms in total. The molecule has 0 bridgehead atoms. The summed E-state index contributed by atoms with van der Waals surface area (Å²) in [4.78, 5) is 15.0. The van der Waals surface area contributed by atoms with Crippen LogP contribution in [0.25, 0.3) is 0 Å². The molecule has 2 unspecified atom stereocenters. The highest BCUT2D eigenvalue weighted by atomic mass is 16.5. The molecule has 1 N–H and O–H groups in total. The SMILES string of the molecule is CCCN(C(=O)CC1COCCN1)C1CCc2ccccc2C1. The standard InChI is InChI=1S/C19H28N2O2/c1-2-10-21(19(22)13-17-14-23-11-9-20-17)18-8-7-15-5-3-4-6-16(15)12-18/h3-6,17-18,20H,2,7-14H2,1H3. The van der Waals surface area contributed by atoms with E-state index < -0.39 is 0 Å². The van der Waals surface area contributed by atoms with Gasteiger partial charge in [0.2, 0.25) is 5.91 Å². The minimum atomic E-state index is 0.173. The Morgan fingerprint density at radius 2 is 2.17 bits per heavy atom. The van der Waals surface area contributed by atoms with E-state index in [9.17, 15) is 4.79 Å². The Morgan fingerprint density at radius 1 is 1.35 bits per heavy atom. The van der Waals surface area contributed by atoms with Crippen LogP contribution in [-0.4, -0.2) is 49.2 Å². The third-order valence-electron chi connectivity index (χ3n) is 4.97. The van der Waals surface area contributed by atoms with Crippen molar-refractivity contribution in [3.05, 3.63) is 35.4 Å². The number of rotatable bonds is 5. The van der Waals surface area contributed by atoms with E-state index in [0.29, 0.717) is 19.1 Å². The first-order chi connectivity index (χ1) is 11.3. The average molecular weight is 316 g/mol. The van der Waals surface area contributed by atoms with Gasteiger partial charge in [-0.15, -0.1) is 0 Å². The predicted octanol–water partition coefficient (Wildman–Crippen LogP) is 2.16. The van der Waals surface area contributed by atoms with E-state index in [1.54, 1.807) is 0 Å². The normalized spacial score (nSPS) is 24.0. The number of morpholine rings is 1. The highest BCUT2D eigenvalue weighted by Crippen LogP contribution is 2.25. The molecule has 23 heavy (non-hydrogen) atoms. The number of carbonyl (C=O) groups is 1. The zero-order chi connectivity index (χ0) is 16.1. The summed E-state index contributed by atoms with van der Waals surface area (Å²) in [6.45, 7) is 5.27. The van der Waals surface area contributed by atoms with Gasteiger partial charge in [0.1, 0.15) is 0 Å². The smallest absolute Gasteiger partial charge is 0.224 e. The molecule has 1 heterocycles. The quantitative estimate of drug-likeness (QED) is 0.905. The molecule has 1 aliphatic heterocycles. The first kappa shape index (κ1) is 16.5. The Kier molecular flexibility index (Phi) is 5.68. The van der Waals surface area contributed by atoms with E-state index in [4.69, 9.17) is 4.74 Å². The highest BCUT2D eigenvalue weighted by Gasteiger charge is 2.28. The molecule has 3 rings (SSSR count). The van der Waals surface area contributed by atoms with E-state index >= 15 is 0 Å². The van der Waals surface area contributed by atoms with Crippen molar-refractivity contribution in [1.29, 1.82) is 0 Å². The summed E-state index contributed by atoms with van der Waals surface area (Å²) >= 11 is 0. The first-order valence-electron chi connectivity index (χ1n) is 8.95. The summed E-state index contributed by atoms with van der Waals surface area (Å²) < 4.78 is 5.48. The second-order valence-corrected chi connectivity index (χ2v) is 6.68. The van der Waals surface area contributed by atoms with Gasteiger partial charge < -0.3 is 15.0 Å². The molecule has 0 radical (unpaired) electrons.